The van der Waals surface area contributed by atoms with Crippen molar-refractivity contribution >= 4 is 35.8 Å². The predicted octanol–water partition coefficient (Wildman–Crippen LogP) is 2.10. The van der Waals surface area contributed by atoms with Gasteiger partial charge in [0.2, 0.25) is 0 Å². The second-order valence-electron chi connectivity index (χ2n) is 9.59. The van der Waals surface area contributed by atoms with Gasteiger partial charge in [0, 0.05) is 43.9 Å². The molecule has 0 spiro atoms. The van der Waals surface area contributed by atoms with Gasteiger partial charge in [-0.15, -0.1) is 24.8 Å². The number of aliphatic hydroxyl groups is 1. The van der Waals surface area contributed by atoms with E-state index in [0.717, 1.165) is 37.8 Å². The van der Waals surface area contributed by atoms with E-state index >= 15 is 0 Å². The van der Waals surface area contributed by atoms with Crippen molar-refractivity contribution in [3.63, 3.8) is 0 Å². The van der Waals surface area contributed by atoms with E-state index in [9.17, 15) is 14.3 Å². The Hall–Kier alpha value is -2.70. The molecule has 2 N–H and O–H groups in total. The van der Waals surface area contributed by atoms with Crippen molar-refractivity contribution in [2.45, 2.75) is 31.0 Å². The number of nitrogens with one attached hydrogen (secondary N) is 1. The number of piperidine rings is 1. The second kappa shape index (κ2) is 11.6. The van der Waals surface area contributed by atoms with Gasteiger partial charge in [-0.1, -0.05) is 0 Å². The Balaban J connectivity index is 0.00000168. The van der Waals surface area contributed by atoms with Crippen LogP contribution in [0.5, 0.6) is 17.2 Å². The monoisotopic (exact) mass is 569 g/mol. The van der Waals surface area contributed by atoms with Crippen molar-refractivity contribution in [3.05, 3.63) is 52.5 Å². The van der Waals surface area contributed by atoms with Gasteiger partial charge >= 0.3 is 0 Å². The molecule has 3 aromatic heterocycles. The summed E-state index contributed by atoms with van der Waals surface area (Å²) in [6.45, 7) is 3.81. The topological polar surface area (TPSA) is 111 Å². The van der Waals surface area contributed by atoms with E-state index in [2.05, 4.69) is 20.2 Å². The molecule has 1 atom stereocenters. The first-order valence-corrected chi connectivity index (χ1v) is 12.2. The van der Waals surface area contributed by atoms with E-state index in [4.69, 9.17) is 14.2 Å². The molecule has 0 aromatic carbocycles. The van der Waals surface area contributed by atoms with E-state index in [1.54, 1.807) is 16.8 Å². The fraction of sp³-hybridized carbons (Fsp3) is 0.480. The quantitative estimate of drug-likeness (QED) is 0.461. The largest absolute Gasteiger partial charge is 0.486 e. The van der Waals surface area contributed by atoms with E-state index < -0.39 is 11.4 Å². The Bertz CT molecular complexity index is 1350. The maximum atomic E-state index is 14.3. The molecule has 10 nitrogen and oxygen atoms in total. The molecule has 0 aliphatic carbocycles. The lowest BCUT2D eigenvalue weighted by Crippen LogP contribution is -2.56. The fourth-order valence-electron chi connectivity index (χ4n) is 5.28. The fourth-order valence-corrected chi connectivity index (χ4v) is 5.28. The van der Waals surface area contributed by atoms with Crippen molar-refractivity contribution in [1.82, 2.24) is 24.8 Å². The highest BCUT2D eigenvalue weighted by molar-refractivity contribution is 5.85. The molecule has 1 saturated heterocycles. The van der Waals surface area contributed by atoms with E-state index in [1.807, 2.05) is 6.07 Å². The molecule has 206 valence electrons. The van der Waals surface area contributed by atoms with Crippen molar-refractivity contribution in [3.8, 4) is 17.2 Å². The van der Waals surface area contributed by atoms with Crippen LogP contribution in [0.3, 0.4) is 0 Å². The molecule has 6 heterocycles. The van der Waals surface area contributed by atoms with Gasteiger partial charge in [0.05, 0.1) is 36.3 Å². The summed E-state index contributed by atoms with van der Waals surface area (Å²) in [4.78, 5) is 23.6. The summed E-state index contributed by atoms with van der Waals surface area (Å²) in [5.74, 6) is 0.865. The normalized spacial score (nSPS) is 19.7. The zero-order valence-corrected chi connectivity index (χ0v) is 22.2. The number of aromatic nitrogens is 3. The molecule has 3 aliphatic heterocycles. The molecule has 0 unspecified atom stereocenters. The average molecular weight is 570 g/mol. The maximum absolute atomic E-state index is 14.3. The van der Waals surface area contributed by atoms with Gasteiger partial charge in [0.25, 0.3) is 5.56 Å². The molecule has 3 aromatic rings. The van der Waals surface area contributed by atoms with Gasteiger partial charge in [-0.2, -0.15) is 0 Å². The lowest BCUT2D eigenvalue weighted by atomic mass is 9.88. The Morgan fingerprint density at radius 1 is 1.08 bits per heavy atom. The summed E-state index contributed by atoms with van der Waals surface area (Å²) >= 11 is 0. The zero-order chi connectivity index (χ0) is 24.7. The number of pyridine rings is 3. The Kier molecular flexibility index (Phi) is 8.63. The second-order valence-corrected chi connectivity index (χ2v) is 9.59. The highest BCUT2D eigenvalue weighted by atomic mass is 35.5. The lowest BCUT2D eigenvalue weighted by Gasteiger charge is -2.43. The number of likely N-dealkylation sites (tertiary alicyclic amines) is 1. The zero-order valence-electron chi connectivity index (χ0n) is 20.6. The number of hydrogen-bond acceptors (Lipinski definition) is 9. The van der Waals surface area contributed by atoms with Crippen LogP contribution in [-0.4, -0.2) is 76.1 Å². The molecule has 0 amide bonds. The van der Waals surface area contributed by atoms with E-state index in [-0.39, 0.29) is 55.4 Å². The lowest BCUT2D eigenvalue weighted by molar-refractivity contribution is 0.0644. The Morgan fingerprint density at radius 2 is 1.84 bits per heavy atom. The minimum atomic E-state index is -0.565. The van der Waals surface area contributed by atoms with Gasteiger partial charge < -0.3 is 29.5 Å². The molecule has 3 aliphatic rings. The average Bonchev–Trinajstić information content (AvgIpc) is 2.92. The first kappa shape index (κ1) is 28.3. The van der Waals surface area contributed by atoms with Crippen LogP contribution >= 0.6 is 24.8 Å². The Labute approximate surface area is 230 Å². The van der Waals surface area contributed by atoms with Gasteiger partial charge in [-0.3, -0.25) is 19.3 Å². The summed E-state index contributed by atoms with van der Waals surface area (Å²) < 4.78 is 32.8. The number of rotatable bonds is 6. The summed E-state index contributed by atoms with van der Waals surface area (Å²) in [5, 5.41) is 13.7. The Morgan fingerprint density at radius 3 is 2.61 bits per heavy atom. The van der Waals surface area contributed by atoms with Crippen molar-refractivity contribution < 1.29 is 23.7 Å². The van der Waals surface area contributed by atoms with Crippen LogP contribution in [0.1, 0.15) is 24.6 Å². The van der Waals surface area contributed by atoms with Crippen LogP contribution in [0.15, 0.2) is 35.4 Å². The number of hydrogen-bond donors (Lipinski definition) is 2. The number of fused-ring (bicyclic) bond motifs is 1. The van der Waals surface area contributed by atoms with Gasteiger partial charge in [0.1, 0.15) is 25.3 Å². The van der Waals surface area contributed by atoms with Crippen LogP contribution < -0.4 is 25.1 Å². The summed E-state index contributed by atoms with van der Waals surface area (Å²) in [5.41, 5.74) is 1.14. The first-order chi connectivity index (χ1) is 17.5. The third-order valence-electron chi connectivity index (χ3n) is 7.35. The van der Waals surface area contributed by atoms with Crippen LogP contribution in [0, 0.1) is 5.82 Å². The van der Waals surface area contributed by atoms with Crippen molar-refractivity contribution in [2.75, 3.05) is 46.1 Å². The standard InChI is InChI=1S/C25H28FN5O5.2ClH/c26-18-11-28-19-1-2-22(33)31-17(14-36-24(18)23(19)31)13-30-5-3-25(15-32,4-6-30)29-10-16-9-20-21(12-27-16)35-8-7-34-20;;/h1-2,9,11-12,17,29,32H,3-8,10,13-15H2;2*1H/t17-;;/m1../s1. The number of aliphatic hydroxyl groups excluding tert-OH is 1. The summed E-state index contributed by atoms with van der Waals surface area (Å²) in [6.07, 6.45) is 4.26. The number of halogens is 3. The van der Waals surface area contributed by atoms with Gasteiger partial charge in [-0.25, -0.2) is 4.39 Å². The van der Waals surface area contributed by atoms with Crippen molar-refractivity contribution in [2.24, 2.45) is 0 Å². The highest BCUT2D eigenvalue weighted by Gasteiger charge is 2.36. The SMILES string of the molecule is Cl.Cl.O=c1ccc2ncc(F)c3c2n1[C@H](CN1CCC(CO)(NCc2cc4c(cn2)OCCO4)CC1)CO3. The van der Waals surface area contributed by atoms with E-state index in [0.29, 0.717) is 48.8 Å². The molecular formula is C25H30Cl2FN5O5. The molecule has 0 bridgehead atoms. The van der Waals surface area contributed by atoms with Crippen LogP contribution in [0.25, 0.3) is 11.0 Å². The molecular weight excluding hydrogens is 540 g/mol. The third kappa shape index (κ3) is 5.26. The van der Waals surface area contributed by atoms with Crippen molar-refractivity contribution in [1.29, 1.82) is 0 Å². The van der Waals surface area contributed by atoms with Gasteiger partial charge in [0.15, 0.2) is 23.1 Å². The molecule has 38 heavy (non-hydrogen) atoms. The van der Waals surface area contributed by atoms with Gasteiger partial charge in [-0.05, 0) is 18.9 Å². The smallest absolute Gasteiger partial charge is 0.251 e. The number of nitrogens with zero attached hydrogens (tertiary/aromatic N) is 4. The molecule has 0 radical (unpaired) electrons. The summed E-state index contributed by atoms with van der Waals surface area (Å²) in [6, 6.07) is 4.69. The molecule has 1 fully saturated rings. The first-order valence-electron chi connectivity index (χ1n) is 12.2. The molecule has 6 rings (SSSR count). The minimum Gasteiger partial charge on any atom is -0.486 e. The predicted molar refractivity (Wildman–Crippen MR) is 143 cm³/mol. The molecule has 13 heteroatoms. The molecule has 0 saturated carbocycles. The highest BCUT2D eigenvalue weighted by Crippen LogP contribution is 2.34. The maximum Gasteiger partial charge on any atom is 0.251 e. The minimum absolute atomic E-state index is 0. The van der Waals surface area contributed by atoms with Crippen LogP contribution in [0.4, 0.5) is 4.39 Å². The van der Waals surface area contributed by atoms with Crippen LogP contribution in [0.2, 0.25) is 0 Å². The number of ether oxygens (including phenoxy) is 3. The van der Waals surface area contributed by atoms with Crippen LogP contribution in [-0.2, 0) is 6.54 Å². The van der Waals surface area contributed by atoms with E-state index in [1.165, 1.54) is 6.07 Å². The summed E-state index contributed by atoms with van der Waals surface area (Å²) in [7, 11) is 0. The third-order valence-corrected chi connectivity index (χ3v) is 7.35.